The van der Waals surface area contributed by atoms with E-state index in [0.29, 0.717) is 13.0 Å². The third-order valence-electron chi connectivity index (χ3n) is 1.49. The van der Waals surface area contributed by atoms with Gasteiger partial charge < -0.3 is 10.4 Å². The number of aliphatic hydroxyl groups excluding tert-OH is 1. The van der Waals surface area contributed by atoms with Crippen LogP contribution in [0.5, 0.6) is 0 Å². The van der Waals surface area contributed by atoms with Gasteiger partial charge in [0.05, 0.1) is 6.10 Å². The summed E-state index contributed by atoms with van der Waals surface area (Å²) in [5, 5.41) is 12.0. The monoisotopic (exact) mass is 173 g/mol. The Morgan fingerprint density at radius 3 is 2.75 bits per heavy atom. The third kappa shape index (κ3) is 3.64. The molecule has 0 aliphatic rings. The van der Waals surface area contributed by atoms with Crippen LogP contribution in [0.3, 0.4) is 0 Å². The number of halogens is 1. The second-order valence-electron chi connectivity index (χ2n) is 2.56. The number of allylic oxidation sites excluding steroid dienone is 1. The lowest BCUT2D eigenvalue weighted by atomic mass is 10.1. The molecule has 0 saturated heterocycles. The molecular weight excluding hydrogens is 157 g/mol. The first kappa shape index (κ1) is 11.3. The molecule has 0 spiro atoms. The quantitative estimate of drug-likeness (QED) is 0.616. The van der Waals surface area contributed by atoms with E-state index in [1.54, 1.807) is 7.05 Å². The lowest BCUT2D eigenvalue weighted by molar-refractivity contribution is 0.208. The van der Waals surface area contributed by atoms with Crippen LogP contribution in [0.2, 0.25) is 0 Å². The second kappa shape index (κ2) is 5.91. The first-order chi connectivity index (χ1) is 5.63. The van der Waals surface area contributed by atoms with Crippen molar-refractivity contribution < 1.29 is 9.50 Å². The Morgan fingerprint density at radius 2 is 2.33 bits per heavy atom. The molecule has 3 heteroatoms. The van der Waals surface area contributed by atoms with Crippen LogP contribution in [0, 0.1) is 0 Å². The fourth-order valence-corrected chi connectivity index (χ4v) is 0.786. The molecule has 0 amide bonds. The van der Waals surface area contributed by atoms with E-state index in [9.17, 15) is 9.50 Å². The van der Waals surface area contributed by atoms with Crippen LogP contribution in [0.1, 0.15) is 13.3 Å². The van der Waals surface area contributed by atoms with Crippen molar-refractivity contribution in [1.82, 2.24) is 5.32 Å². The van der Waals surface area contributed by atoms with Gasteiger partial charge in [0.1, 0.15) is 5.83 Å². The van der Waals surface area contributed by atoms with Gasteiger partial charge in [-0.2, -0.15) is 0 Å². The zero-order valence-electron chi connectivity index (χ0n) is 7.60. The summed E-state index contributed by atoms with van der Waals surface area (Å²) in [7, 11) is 1.69. The molecule has 70 valence electrons. The van der Waals surface area contributed by atoms with Crippen molar-refractivity contribution in [3.63, 3.8) is 0 Å². The average molecular weight is 173 g/mol. The lowest BCUT2D eigenvalue weighted by Crippen LogP contribution is -2.25. The van der Waals surface area contributed by atoms with E-state index < -0.39 is 11.9 Å². The van der Waals surface area contributed by atoms with Crippen LogP contribution in [-0.2, 0) is 0 Å². The van der Waals surface area contributed by atoms with Crippen molar-refractivity contribution in [1.29, 1.82) is 0 Å². The lowest BCUT2D eigenvalue weighted by Gasteiger charge is -2.10. The fourth-order valence-electron chi connectivity index (χ4n) is 0.786. The molecule has 0 aromatic rings. The molecule has 1 atom stereocenters. The molecule has 0 aromatic carbocycles. The van der Waals surface area contributed by atoms with Gasteiger partial charge in [-0.05, 0) is 19.5 Å². The summed E-state index contributed by atoms with van der Waals surface area (Å²) in [6.07, 6.45) is 1.18. The maximum absolute atomic E-state index is 12.9. The van der Waals surface area contributed by atoms with Crippen molar-refractivity contribution in [2.45, 2.75) is 19.4 Å². The number of likely N-dealkylation sites (N-methyl/N-ethyl adjacent to an activating group) is 1. The van der Waals surface area contributed by atoms with Crippen molar-refractivity contribution in [2.75, 3.05) is 13.6 Å². The Morgan fingerprint density at radius 1 is 1.75 bits per heavy atom. The summed E-state index contributed by atoms with van der Waals surface area (Å²) < 4.78 is 12.9. The minimum absolute atomic E-state index is 0.145. The molecular formula is C9H16FNO. The van der Waals surface area contributed by atoms with Gasteiger partial charge in [0.25, 0.3) is 0 Å². The van der Waals surface area contributed by atoms with Gasteiger partial charge in [-0.15, -0.1) is 0 Å². The minimum atomic E-state index is -0.835. The van der Waals surface area contributed by atoms with E-state index in [1.165, 1.54) is 6.08 Å². The van der Waals surface area contributed by atoms with Crippen LogP contribution in [0.4, 0.5) is 4.39 Å². The predicted molar refractivity (Wildman–Crippen MR) is 48.6 cm³/mol. The number of aliphatic hydroxyl groups is 1. The van der Waals surface area contributed by atoms with Crippen LogP contribution >= 0.6 is 0 Å². The van der Waals surface area contributed by atoms with Crippen molar-refractivity contribution in [3.05, 3.63) is 24.1 Å². The van der Waals surface area contributed by atoms with E-state index in [-0.39, 0.29) is 5.57 Å². The molecule has 0 fully saturated rings. The highest BCUT2D eigenvalue weighted by atomic mass is 19.1. The first-order valence-electron chi connectivity index (χ1n) is 4.01. The molecule has 12 heavy (non-hydrogen) atoms. The van der Waals surface area contributed by atoms with Gasteiger partial charge in [-0.1, -0.05) is 13.5 Å². The summed E-state index contributed by atoms with van der Waals surface area (Å²) >= 11 is 0. The van der Waals surface area contributed by atoms with Crippen LogP contribution in [-0.4, -0.2) is 24.8 Å². The SMILES string of the molecule is C=C(/C(F)=C\CC)C(O)CNC. The smallest absolute Gasteiger partial charge is 0.124 e. The van der Waals surface area contributed by atoms with E-state index in [1.807, 2.05) is 6.92 Å². The Kier molecular flexibility index (Phi) is 5.58. The summed E-state index contributed by atoms with van der Waals surface area (Å²) in [5.74, 6) is -0.416. The van der Waals surface area contributed by atoms with Gasteiger partial charge in [0.2, 0.25) is 0 Å². The summed E-state index contributed by atoms with van der Waals surface area (Å²) in [4.78, 5) is 0. The highest BCUT2D eigenvalue weighted by Gasteiger charge is 2.10. The van der Waals surface area contributed by atoms with E-state index >= 15 is 0 Å². The number of rotatable bonds is 5. The molecule has 0 rings (SSSR count). The summed E-state index contributed by atoms with van der Waals surface area (Å²) in [6.45, 7) is 5.61. The van der Waals surface area contributed by atoms with Crippen LogP contribution in [0.25, 0.3) is 0 Å². The standard InChI is InChI=1S/C9H16FNO/c1-4-5-8(10)7(2)9(12)6-11-3/h5,9,11-12H,2,4,6H2,1,3H3/b8-5+. The molecule has 0 bridgehead atoms. The molecule has 2 N–H and O–H groups in total. The van der Waals surface area contributed by atoms with E-state index in [2.05, 4.69) is 11.9 Å². The maximum atomic E-state index is 12.9. The van der Waals surface area contributed by atoms with Gasteiger partial charge >= 0.3 is 0 Å². The van der Waals surface area contributed by atoms with Crippen molar-refractivity contribution in [2.24, 2.45) is 0 Å². The number of nitrogens with one attached hydrogen (secondary N) is 1. The molecule has 2 nitrogen and oxygen atoms in total. The summed E-state index contributed by atoms with van der Waals surface area (Å²) in [5.41, 5.74) is 0.145. The topological polar surface area (TPSA) is 32.3 Å². The van der Waals surface area contributed by atoms with E-state index in [0.717, 1.165) is 0 Å². The fraction of sp³-hybridized carbons (Fsp3) is 0.556. The Labute approximate surface area is 72.8 Å². The van der Waals surface area contributed by atoms with Crippen LogP contribution < -0.4 is 5.32 Å². The highest BCUT2D eigenvalue weighted by molar-refractivity contribution is 5.25. The van der Waals surface area contributed by atoms with Gasteiger partial charge in [-0.3, -0.25) is 0 Å². The maximum Gasteiger partial charge on any atom is 0.124 e. The van der Waals surface area contributed by atoms with Gasteiger partial charge in [-0.25, -0.2) is 4.39 Å². The third-order valence-corrected chi connectivity index (χ3v) is 1.49. The highest BCUT2D eigenvalue weighted by Crippen LogP contribution is 2.13. The van der Waals surface area contributed by atoms with E-state index in [4.69, 9.17) is 0 Å². The van der Waals surface area contributed by atoms with Gasteiger partial charge in [0.15, 0.2) is 0 Å². The Bertz CT molecular complexity index is 177. The Hall–Kier alpha value is -0.670. The largest absolute Gasteiger partial charge is 0.387 e. The van der Waals surface area contributed by atoms with Crippen molar-refractivity contribution in [3.8, 4) is 0 Å². The van der Waals surface area contributed by atoms with Gasteiger partial charge in [0, 0.05) is 12.1 Å². The molecule has 0 aromatic heterocycles. The molecule has 0 heterocycles. The van der Waals surface area contributed by atoms with Crippen LogP contribution in [0.15, 0.2) is 24.1 Å². The van der Waals surface area contributed by atoms with Crippen molar-refractivity contribution >= 4 is 0 Å². The summed E-state index contributed by atoms with van der Waals surface area (Å²) in [6, 6.07) is 0. The normalized spacial score (nSPS) is 14.5. The molecule has 0 saturated carbocycles. The number of hydrogen-bond donors (Lipinski definition) is 2. The minimum Gasteiger partial charge on any atom is -0.387 e. The number of hydrogen-bond acceptors (Lipinski definition) is 2. The molecule has 0 aliphatic carbocycles. The first-order valence-corrected chi connectivity index (χ1v) is 4.01. The zero-order valence-corrected chi connectivity index (χ0v) is 7.60. The molecule has 0 aliphatic heterocycles. The average Bonchev–Trinajstić information content (AvgIpc) is 2.04. The molecule has 0 radical (unpaired) electrons. The Balaban J connectivity index is 4.09. The molecule has 1 unspecified atom stereocenters. The zero-order chi connectivity index (χ0) is 9.56. The predicted octanol–water partition coefficient (Wildman–Crippen LogP) is 1.39. The second-order valence-corrected chi connectivity index (χ2v) is 2.56.